The number of nitrogens with two attached hydrogens (primary N) is 1. The SMILES string of the molecule is CCC(C)C(NC(=O)C(N)Cc1ccccc1)C(=O)NC(CCC(=O)O)C(=O)NC(CC(C)C)C(=O)O. The highest BCUT2D eigenvalue weighted by molar-refractivity contribution is 5.94. The molecule has 0 saturated heterocycles. The number of rotatable bonds is 16. The van der Waals surface area contributed by atoms with Gasteiger partial charge in [-0.05, 0) is 36.7 Å². The van der Waals surface area contributed by atoms with Crippen molar-refractivity contribution in [2.75, 3.05) is 0 Å². The first kappa shape index (κ1) is 31.6. The molecule has 0 aliphatic heterocycles. The summed E-state index contributed by atoms with van der Waals surface area (Å²) >= 11 is 0. The minimum atomic E-state index is -1.31. The van der Waals surface area contributed by atoms with Crippen molar-refractivity contribution in [3.05, 3.63) is 35.9 Å². The van der Waals surface area contributed by atoms with Crippen molar-refractivity contribution < 1.29 is 34.2 Å². The van der Waals surface area contributed by atoms with E-state index in [9.17, 15) is 29.1 Å². The molecule has 206 valence electrons. The summed E-state index contributed by atoms with van der Waals surface area (Å²) in [5, 5.41) is 26.1. The largest absolute Gasteiger partial charge is 0.481 e. The molecule has 0 aromatic heterocycles. The maximum atomic E-state index is 13.2. The average molecular weight is 521 g/mol. The lowest BCUT2D eigenvalue weighted by Gasteiger charge is -2.28. The van der Waals surface area contributed by atoms with Crippen molar-refractivity contribution in [3.63, 3.8) is 0 Å². The third kappa shape index (κ3) is 11.4. The summed E-state index contributed by atoms with van der Waals surface area (Å²) in [4.78, 5) is 61.6. The third-order valence-corrected chi connectivity index (χ3v) is 6.03. The van der Waals surface area contributed by atoms with Gasteiger partial charge in [0.05, 0.1) is 6.04 Å². The number of amides is 3. The van der Waals surface area contributed by atoms with Crippen LogP contribution < -0.4 is 21.7 Å². The summed E-state index contributed by atoms with van der Waals surface area (Å²) in [6.07, 6.45) is 0.259. The highest BCUT2D eigenvalue weighted by Gasteiger charge is 2.32. The van der Waals surface area contributed by atoms with Crippen LogP contribution in [0.25, 0.3) is 0 Å². The number of benzene rings is 1. The molecule has 5 atom stereocenters. The van der Waals surface area contributed by atoms with Gasteiger partial charge in [-0.1, -0.05) is 64.4 Å². The zero-order valence-corrected chi connectivity index (χ0v) is 21.9. The lowest BCUT2D eigenvalue weighted by molar-refractivity contribution is -0.143. The van der Waals surface area contributed by atoms with Crippen molar-refractivity contribution in [1.82, 2.24) is 16.0 Å². The minimum Gasteiger partial charge on any atom is -0.481 e. The Balaban J connectivity index is 3.01. The molecule has 0 aliphatic carbocycles. The van der Waals surface area contributed by atoms with Gasteiger partial charge in [0.25, 0.3) is 0 Å². The van der Waals surface area contributed by atoms with Gasteiger partial charge in [0.2, 0.25) is 17.7 Å². The molecule has 11 nitrogen and oxygen atoms in total. The monoisotopic (exact) mass is 520 g/mol. The van der Waals surface area contributed by atoms with Crippen molar-refractivity contribution in [1.29, 1.82) is 0 Å². The maximum Gasteiger partial charge on any atom is 0.326 e. The number of aliphatic carboxylic acids is 2. The van der Waals surface area contributed by atoms with Crippen LogP contribution in [0.4, 0.5) is 0 Å². The Morgan fingerprint density at radius 3 is 1.97 bits per heavy atom. The van der Waals surface area contributed by atoms with Gasteiger partial charge >= 0.3 is 11.9 Å². The topological polar surface area (TPSA) is 188 Å². The summed E-state index contributed by atoms with van der Waals surface area (Å²) in [5.41, 5.74) is 6.92. The van der Waals surface area contributed by atoms with Crippen LogP contribution in [0.5, 0.6) is 0 Å². The van der Waals surface area contributed by atoms with Crippen LogP contribution in [0.15, 0.2) is 30.3 Å². The number of carboxylic acids is 2. The van der Waals surface area contributed by atoms with Crippen molar-refractivity contribution >= 4 is 29.7 Å². The molecule has 3 amide bonds. The summed E-state index contributed by atoms with van der Waals surface area (Å²) < 4.78 is 0. The van der Waals surface area contributed by atoms with Gasteiger partial charge in [-0.25, -0.2) is 4.79 Å². The second-order valence-electron chi connectivity index (χ2n) is 9.69. The Kier molecular flexibility index (Phi) is 13.3. The lowest BCUT2D eigenvalue weighted by atomic mass is 9.96. The standard InChI is InChI=1S/C26H40N4O7/c1-5-16(4)22(30-23(33)18(27)14-17-9-7-6-8-10-17)25(35)28-19(11-12-21(31)32)24(34)29-20(26(36)37)13-15(2)3/h6-10,15-16,18-20,22H,5,11-14,27H2,1-4H3,(H,28,35)(H,29,34)(H,30,33)(H,31,32)(H,36,37). The van der Waals surface area contributed by atoms with Gasteiger partial charge in [-0.3, -0.25) is 19.2 Å². The molecule has 5 unspecified atom stereocenters. The fraction of sp³-hybridized carbons (Fsp3) is 0.577. The van der Waals surface area contributed by atoms with Gasteiger partial charge < -0.3 is 31.9 Å². The normalized spacial score (nSPS) is 15.1. The second kappa shape index (κ2) is 15.6. The fourth-order valence-electron chi connectivity index (χ4n) is 3.69. The van der Waals surface area contributed by atoms with E-state index in [1.807, 2.05) is 37.3 Å². The van der Waals surface area contributed by atoms with E-state index in [1.54, 1.807) is 20.8 Å². The molecular weight excluding hydrogens is 480 g/mol. The zero-order chi connectivity index (χ0) is 28.1. The Morgan fingerprint density at radius 1 is 0.865 bits per heavy atom. The molecule has 0 spiro atoms. The van der Waals surface area contributed by atoms with Crippen molar-refractivity contribution in [3.8, 4) is 0 Å². The fourth-order valence-corrected chi connectivity index (χ4v) is 3.69. The summed E-state index contributed by atoms with van der Waals surface area (Å²) in [7, 11) is 0. The van der Waals surface area contributed by atoms with Crippen molar-refractivity contribution in [2.45, 2.75) is 84.0 Å². The zero-order valence-electron chi connectivity index (χ0n) is 21.9. The predicted molar refractivity (Wildman–Crippen MR) is 137 cm³/mol. The Hall–Kier alpha value is -3.47. The molecule has 0 heterocycles. The summed E-state index contributed by atoms with van der Waals surface area (Å²) in [6, 6.07) is 4.71. The van der Waals surface area contributed by atoms with Gasteiger partial charge in [-0.2, -0.15) is 0 Å². The van der Waals surface area contributed by atoms with Crippen LogP contribution in [0.3, 0.4) is 0 Å². The van der Waals surface area contributed by atoms with E-state index in [1.165, 1.54) is 0 Å². The molecule has 0 aliphatic rings. The lowest BCUT2D eigenvalue weighted by Crippen LogP contribution is -2.58. The number of carboxylic acid groups (broad SMARTS) is 2. The number of nitrogens with one attached hydrogen (secondary N) is 3. The molecular formula is C26H40N4O7. The molecule has 0 bridgehead atoms. The second-order valence-corrected chi connectivity index (χ2v) is 9.69. The minimum absolute atomic E-state index is 0.0291. The van der Waals surface area contributed by atoms with Crippen LogP contribution in [0.1, 0.15) is 58.9 Å². The highest BCUT2D eigenvalue weighted by Crippen LogP contribution is 2.12. The number of carbonyl (C=O) groups excluding carboxylic acids is 3. The molecule has 0 radical (unpaired) electrons. The number of hydrogen-bond acceptors (Lipinski definition) is 6. The predicted octanol–water partition coefficient (Wildman–Crippen LogP) is 1.05. The average Bonchev–Trinajstić information content (AvgIpc) is 2.83. The van der Waals surface area contributed by atoms with Crippen LogP contribution >= 0.6 is 0 Å². The smallest absolute Gasteiger partial charge is 0.326 e. The van der Waals surface area contributed by atoms with E-state index in [-0.39, 0.29) is 31.1 Å². The first-order valence-electron chi connectivity index (χ1n) is 12.5. The Morgan fingerprint density at radius 2 is 1.46 bits per heavy atom. The maximum absolute atomic E-state index is 13.2. The number of carbonyl (C=O) groups is 5. The van der Waals surface area contributed by atoms with Crippen LogP contribution in [0, 0.1) is 11.8 Å². The molecule has 0 fully saturated rings. The van der Waals surface area contributed by atoms with E-state index >= 15 is 0 Å². The summed E-state index contributed by atoms with van der Waals surface area (Å²) in [5.74, 6) is -4.81. The van der Waals surface area contributed by atoms with Gasteiger partial charge in [0.15, 0.2) is 0 Å². The van der Waals surface area contributed by atoms with E-state index in [2.05, 4.69) is 16.0 Å². The molecule has 1 aromatic rings. The van der Waals surface area contributed by atoms with Crippen LogP contribution in [-0.4, -0.2) is 64.0 Å². The van der Waals surface area contributed by atoms with E-state index in [0.29, 0.717) is 6.42 Å². The first-order valence-corrected chi connectivity index (χ1v) is 12.5. The first-order chi connectivity index (χ1) is 17.3. The highest BCUT2D eigenvalue weighted by atomic mass is 16.4. The Labute approximate surface area is 217 Å². The van der Waals surface area contributed by atoms with Gasteiger partial charge in [0, 0.05) is 6.42 Å². The third-order valence-electron chi connectivity index (χ3n) is 6.03. The Bertz CT molecular complexity index is 923. The molecule has 11 heteroatoms. The van der Waals surface area contributed by atoms with E-state index < -0.39 is 60.2 Å². The quantitative estimate of drug-likeness (QED) is 0.186. The van der Waals surface area contributed by atoms with Crippen LogP contribution in [0.2, 0.25) is 0 Å². The molecule has 1 aromatic carbocycles. The van der Waals surface area contributed by atoms with Gasteiger partial charge in [-0.15, -0.1) is 0 Å². The summed E-state index contributed by atoms with van der Waals surface area (Å²) in [6.45, 7) is 7.18. The molecule has 37 heavy (non-hydrogen) atoms. The van der Waals surface area contributed by atoms with Crippen molar-refractivity contribution in [2.24, 2.45) is 17.6 Å². The van der Waals surface area contributed by atoms with E-state index in [0.717, 1.165) is 5.56 Å². The van der Waals surface area contributed by atoms with Gasteiger partial charge in [0.1, 0.15) is 18.1 Å². The molecule has 7 N–H and O–H groups in total. The van der Waals surface area contributed by atoms with Crippen LogP contribution in [-0.2, 0) is 30.4 Å². The molecule has 0 saturated carbocycles. The number of hydrogen-bond donors (Lipinski definition) is 6. The molecule has 1 rings (SSSR count). The van der Waals surface area contributed by atoms with E-state index in [4.69, 9.17) is 10.8 Å².